The Bertz CT molecular complexity index is 359. The number of benzene rings is 1. The van der Waals surface area contributed by atoms with Gasteiger partial charge in [-0.1, -0.05) is 18.7 Å². The van der Waals surface area contributed by atoms with E-state index in [2.05, 4.69) is 12.6 Å². The van der Waals surface area contributed by atoms with Gasteiger partial charge < -0.3 is 5.73 Å². The third-order valence-electron chi connectivity index (χ3n) is 1.67. The lowest BCUT2D eigenvalue weighted by Crippen LogP contribution is -1.93. The largest absolute Gasteiger partial charge is 0.398 e. The molecule has 0 heterocycles. The Morgan fingerprint density at radius 3 is 2.67 bits per heavy atom. The molecule has 0 fully saturated rings. The van der Waals surface area contributed by atoms with Crippen molar-refractivity contribution in [1.29, 1.82) is 5.26 Å². The van der Waals surface area contributed by atoms with Crippen LogP contribution in [0.5, 0.6) is 0 Å². The normalized spacial score (nSPS) is 9.00. The highest BCUT2D eigenvalue weighted by molar-refractivity contribution is 5.73. The molecule has 0 aliphatic heterocycles. The second-order valence-corrected chi connectivity index (χ2v) is 2.66. The standard InChI is InChI=1S/C10H10N2/c1-7(2)8-4-3-5-10(12)9(8)6-11/h3-5H,1,12H2,2H3. The first-order valence-electron chi connectivity index (χ1n) is 3.61. The summed E-state index contributed by atoms with van der Waals surface area (Å²) >= 11 is 0. The summed E-state index contributed by atoms with van der Waals surface area (Å²) in [6, 6.07) is 7.44. The Labute approximate surface area is 71.9 Å². The molecule has 1 aromatic rings. The molecule has 0 aliphatic carbocycles. The summed E-state index contributed by atoms with van der Waals surface area (Å²) in [5.74, 6) is 0. The maximum atomic E-state index is 8.78. The van der Waals surface area contributed by atoms with Crippen LogP contribution < -0.4 is 5.73 Å². The fourth-order valence-corrected chi connectivity index (χ4v) is 1.05. The Kier molecular flexibility index (Phi) is 2.16. The number of nitrogens with zero attached hydrogens (tertiary/aromatic N) is 1. The summed E-state index contributed by atoms with van der Waals surface area (Å²) < 4.78 is 0. The van der Waals surface area contributed by atoms with Gasteiger partial charge in [0.2, 0.25) is 0 Å². The van der Waals surface area contributed by atoms with Crippen LogP contribution in [0, 0.1) is 11.3 Å². The van der Waals surface area contributed by atoms with Gasteiger partial charge in [-0.15, -0.1) is 0 Å². The number of rotatable bonds is 1. The van der Waals surface area contributed by atoms with E-state index in [1.54, 1.807) is 6.07 Å². The summed E-state index contributed by atoms with van der Waals surface area (Å²) in [7, 11) is 0. The minimum absolute atomic E-state index is 0.512. The zero-order valence-electron chi connectivity index (χ0n) is 6.96. The molecule has 12 heavy (non-hydrogen) atoms. The molecule has 0 unspecified atom stereocenters. The molecular formula is C10H10N2. The van der Waals surface area contributed by atoms with Crippen LogP contribution >= 0.6 is 0 Å². The average Bonchev–Trinajstić information content (AvgIpc) is 2.03. The van der Waals surface area contributed by atoms with Crippen LogP contribution in [-0.4, -0.2) is 0 Å². The number of allylic oxidation sites excluding steroid dienone is 1. The fourth-order valence-electron chi connectivity index (χ4n) is 1.05. The van der Waals surface area contributed by atoms with Crippen LogP contribution in [0.25, 0.3) is 5.57 Å². The average molecular weight is 158 g/mol. The van der Waals surface area contributed by atoms with Crippen molar-refractivity contribution in [3.8, 4) is 6.07 Å². The minimum atomic E-state index is 0.512. The maximum absolute atomic E-state index is 8.78. The van der Waals surface area contributed by atoms with Crippen molar-refractivity contribution in [3.05, 3.63) is 35.9 Å². The van der Waals surface area contributed by atoms with Gasteiger partial charge in [0.05, 0.1) is 11.3 Å². The van der Waals surface area contributed by atoms with Crippen LogP contribution in [0.2, 0.25) is 0 Å². The first-order valence-corrected chi connectivity index (χ1v) is 3.61. The van der Waals surface area contributed by atoms with Gasteiger partial charge in [0.25, 0.3) is 0 Å². The van der Waals surface area contributed by atoms with Crippen LogP contribution in [0.15, 0.2) is 24.8 Å². The van der Waals surface area contributed by atoms with Gasteiger partial charge in [0.1, 0.15) is 6.07 Å². The molecule has 0 aliphatic rings. The van der Waals surface area contributed by atoms with E-state index >= 15 is 0 Å². The summed E-state index contributed by atoms with van der Waals surface area (Å²) in [5, 5.41) is 8.78. The molecule has 1 aromatic carbocycles. The lowest BCUT2D eigenvalue weighted by molar-refractivity contribution is 1.45. The van der Waals surface area contributed by atoms with Crippen LogP contribution in [0.1, 0.15) is 18.1 Å². The summed E-state index contributed by atoms with van der Waals surface area (Å²) in [4.78, 5) is 0. The number of nitrogen functional groups attached to an aromatic ring is 1. The summed E-state index contributed by atoms with van der Waals surface area (Å²) in [6.07, 6.45) is 0. The van der Waals surface area contributed by atoms with Crippen molar-refractivity contribution in [2.24, 2.45) is 0 Å². The van der Waals surface area contributed by atoms with Gasteiger partial charge in [-0.05, 0) is 24.1 Å². The third-order valence-corrected chi connectivity index (χ3v) is 1.67. The Balaban J connectivity index is 3.40. The van der Waals surface area contributed by atoms with E-state index in [0.717, 1.165) is 11.1 Å². The highest BCUT2D eigenvalue weighted by Gasteiger charge is 2.04. The molecule has 2 heteroatoms. The second-order valence-electron chi connectivity index (χ2n) is 2.66. The van der Waals surface area contributed by atoms with Gasteiger partial charge in [-0.25, -0.2) is 0 Å². The summed E-state index contributed by atoms with van der Waals surface area (Å²) in [5.41, 5.74) is 8.33. The molecule has 60 valence electrons. The predicted molar refractivity (Wildman–Crippen MR) is 50.3 cm³/mol. The summed E-state index contributed by atoms with van der Waals surface area (Å²) in [6.45, 7) is 5.63. The number of hydrogen-bond acceptors (Lipinski definition) is 2. The zero-order valence-corrected chi connectivity index (χ0v) is 6.96. The second kappa shape index (κ2) is 3.10. The number of nitrogens with two attached hydrogens (primary N) is 1. The smallest absolute Gasteiger partial charge is 0.102 e. The van der Waals surface area contributed by atoms with E-state index in [9.17, 15) is 0 Å². The number of anilines is 1. The van der Waals surface area contributed by atoms with Gasteiger partial charge in [-0.2, -0.15) is 5.26 Å². The molecule has 0 amide bonds. The Hall–Kier alpha value is -1.75. The van der Waals surface area contributed by atoms with E-state index in [1.165, 1.54) is 0 Å². The van der Waals surface area contributed by atoms with Crippen molar-refractivity contribution in [2.45, 2.75) is 6.92 Å². The lowest BCUT2D eigenvalue weighted by Gasteiger charge is -2.04. The molecule has 1 rings (SSSR count). The molecule has 0 spiro atoms. The molecule has 0 saturated heterocycles. The molecular weight excluding hydrogens is 148 g/mol. The van der Waals surface area contributed by atoms with Gasteiger partial charge in [0, 0.05) is 0 Å². The van der Waals surface area contributed by atoms with E-state index in [4.69, 9.17) is 11.0 Å². The predicted octanol–water partition coefficient (Wildman–Crippen LogP) is 2.17. The first-order chi connectivity index (χ1) is 5.66. The molecule has 0 bridgehead atoms. The lowest BCUT2D eigenvalue weighted by atomic mass is 10.0. The molecule has 2 N–H and O–H groups in total. The molecule has 0 aromatic heterocycles. The Morgan fingerprint density at radius 1 is 1.58 bits per heavy atom. The maximum Gasteiger partial charge on any atom is 0.102 e. The Morgan fingerprint density at radius 2 is 2.25 bits per heavy atom. The fraction of sp³-hybridized carbons (Fsp3) is 0.100. The van der Waals surface area contributed by atoms with Crippen LogP contribution in [-0.2, 0) is 0 Å². The van der Waals surface area contributed by atoms with E-state index in [1.807, 2.05) is 19.1 Å². The van der Waals surface area contributed by atoms with Crippen molar-refractivity contribution in [2.75, 3.05) is 5.73 Å². The van der Waals surface area contributed by atoms with Gasteiger partial charge in [-0.3, -0.25) is 0 Å². The molecule has 0 saturated carbocycles. The third kappa shape index (κ3) is 1.30. The molecule has 0 radical (unpaired) electrons. The van der Waals surface area contributed by atoms with E-state index in [0.29, 0.717) is 11.3 Å². The molecule has 2 nitrogen and oxygen atoms in total. The van der Waals surface area contributed by atoms with Crippen molar-refractivity contribution in [3.63, 3.8) is 0 Å². The topological polar surface area (TPSA) is 49.8 Å². The zero-order chi connectivity index (χ0) is 9.14. The monoisotopic (exact) mass is 158 g/mol. The minimum Gasteiger partial charge on any atom is -0.398 e. The quantitative estimate of drug-likeness (QED) is 0.637. The van der Waals surface area contributed by atoms with Crippen molar-refractivity contribution >= 4 is 11.3 Å². The van der Waals surface area contributed by atoms with E-state index < -0.39 is 0 Å². The molecule has 0 atom stereocenters. The number of hydrogen-bond donors (Lipinski definition) is 1. The highest BCUT2D eigenvalue weighted by Crippen LogP contribution is 2.21. The van der Waals surface area contributed by atoms with Crippen molar-refractivity contribution in [1.82, 2.24) is 0 Å². The van der Waals surface area contributed by atoms with Crippen LogP contribution in [0.4, 0.5) is 5.69 Å². The van der Waals surface area contributed by atoms with Crippen LogP contribution in [0.3, 0.4) is 0 Å². The van der Waals surface area contributed by atoms with E-state index in [-0.39, 0.29) is 0 Å². The SMILES string of the molecule is C=C(C)c1cccc(N)c1C#N. The van der Waals surface area contributed by atoms with Gasteiger partial charge >= 0.3 is 0 Å². The first kappa shape index (κ1) is 8.35. The highest BCUT2D eigenvalue weighted by atomic mass is 14.6. The van der Waals surface area contributed by atoms with Gasteiger partial charge in [0.15, 0.2) is 0 Å². The number of nitriles is 1. The van der Waals surface area contributed by atoms with Crippen molar-refractivity contribution < 1.29 is 0 Å².